The van der Waals surface area contributed by atoms with Gasteiger partial charge in [0.1, 0.15) is 0 Å². The molecule has 0 radical (unpaired) electrons. The zero-order valence-electron chi connectivity index (χ0n) is 15.1. The van der Waals surface area contributed by atoms with Gasteiger partial charge in [-0.2, -0.15) is 0 Å². The van der Waals surface area contributed by atoms with Gasteiger partial charge in [-0.05, 0) is 42.7 Å². The first-order chi connectivity index (χ1) is 12.3. The molecule has 0 saturated carbocycles. The zero-order chi connectivity index (χ0) is 17.5. The van der Waals surface area contributed by atoms with Crippen molar-refractivity contribution in [3.63, 3.8) is 0 Å². The first kappa shape index (κ1) is 17.7. The summed E-state index contributed by atoms with van der Waals surface area (Å²) >= 11 is 0. The van der Waals surface area contributed by atoms with Crippen LogP contribution in [0.1, 0.15) is 24.1 Å². The SMILES string of the molecule is COc1ccc(CNC2CCN(Cc3ccccn3)CC2)cc1OC. The van der Waals surface area contributed by atoms with Crippen LogP contribution in [-0.2, 0) is 13.1 Å². The summed E-state index contributed by atoms with van der Waals surface area (Å²) in [6.07, 6.45) is 4.20. The van der Waals surface area contributed by atoms with Crippen LogP contribution >= 0.6 is 0 Å². The van der Waals surface area contributed by atoms with E-state index >= 15 is 0 Å². The van der Waals surface area contributed by atoms with Crippen LogP contribution in [0.4, 0.5) is 0 Å². The lowest BCUT2D eigenvalue weighted by molar-refractivity contribution is 0.188. The molecular weight excluding hydrogens is 314 g/mol. The Hall–Kier alpha value is -2.11. The maximum Gasteiger partial charge on any atom is 0.161 e. The van der Waals surface area contributed by atoms with Crippen molar-refractivity contribution < 1.29 is 9.47 Å². The first-order valence-electron chi connectivity index (χ1n) is 8.85. The number of rotatable bonds is 7. The highest BCUT2D eigenvalue weighted by molar-refractivity contribution is 5.42. The normalized spacial score (nSPS) is 15.9. The second kappa shape index (κ2) is 8.83. The smallest absolute Gasteiger partial charge is 0.161 e. The van der Waals surface area contributed by atoms with Gasteiger partial charge in [0, 0.05) is 38.4 Å². The Morgan fingerprint density at radius 2 is 1.88 bits per heavy atom. The Morgan fingerprint density at radius 3 is 2.56 bits per heavy atom. The van der Waals surface area contributed by atoms with Crippen molar-refractivity contribution in [2.45, 2.75) is 32.0 Å². The topological polar surface area (TPSA) is 46.6 Å². The van der Waals surface area contributed by atoms with Crippen LogP contribution in [0.2, 0.25) is 0 Å². The molecule has 0 spiro atoms. The molecule has 1 aliphatic rings. The Balaban J connectivity index is 1.45. The third-order valence-corrected chi connectivity index (χ3v) is 4.74. The van der Waals surface area contributed by atoms with Crippen LogP contribution in [0, 0.1) is 0 Å². The molecule has 0 unspecified atom stereocenters. The lowest BCUT2D eigenvalue weighted by atomic mass is 10.0. The fraction of sp³-hybridized carbons (Fsp3) is 0.450. The van der Waals surface area contributed by atoms with Crippen molar-refractivity contribution in [1.29, 1.82) is 0 Å². The van der Waals surface area contributed by atoms with Crippen LogP contribution < -0.4 is 14.8 Å². The standard InChI is InChI=1S/C20H27N3O2/c1-24-19-7-6-16(13-20(19)25-2)14-22-17-8-11-23(12-9-17)15-18-5-3-4-10-21-18/h3-7,10,13,17,22H,8-9,11-12,14-15H2,1-2H3. The third-order valence-electron chi connectivity index (χ3n) is 4.74. The van der Waals surface area contributed by atoms with Crippen LogP contribution in [-0.4, -0.2) is 43.2 Å². The van der Waals surface area contributed by atoms with E-state index in [1.54, 1.807) is 14.2 Å². The molecular formula is C20H27N3O2. The van der Waals surface area contributed by atoms with Gasteiger partial charge in [-0.15, -0.1) is 0 Å². The maximum absolute atomic E-state index is 5.37. The Morgan fingerprint density at radius 1 is 1.08 bits per heavy atom. The third kappa shape index (κ3) is 4.94. The molecule has 5 nitrogen and oxygen atoms in total. The minimum Gasteiger partial charge on any atom is -0.493 e. The summed E-state index contributed by atoms with van der Waals surface area (Å²) in [6, 6.07) is 12.8. The van der Waals surface area contributed by atoms with E-state index in [1.165, 1.54) is 18.4 Å². The molecule has 1 fully saturated rings. The Labute approximate surface area is 150 Å². The highest BCUT2D eigenvalue weighted by atomic mass is 16.5. The fourth-order valence-electron chi connectivity index (χ4n) is 3.27. The van der Waals surface area contributed by atoms with E-state index < -0.39 is 0 Å². The lowest BCUT2D eigenvalue weighted by Gasteiger charge is -2.32. The van der Waals surface area contributed by atoms with Gasteiger partial charge in [-0.25, -0.2) is 0 Å². The van der Waals surface area contributed by atoms with Crippen LogP contribution in [0.25, 0.3) is 0 Å². The Kier molecular flexibility index (Phi) is 6.25. The molecule has 1 aliphatic heterocycles. The predicted molar refractivity (Wildman–Crippen MR) is 98.9 cm³/mol. The summed E-state index contributed by atoms with van der Waals surface area (Å²) in [5, 5.41) is 3.67. The van der Waals surface area contributed by atoms with Gasteiger partial charge >= 0.3 is 0 Å². The monoisotopic (exact) mass is 341 g/mol. The summed E-state index contributed by atoms with van der Waals surface area (Å²) < 4.78 is 10.7. The Bertz CT molecular complexity index is 655. The van der Waals surface area contributed by atoms with Crippen molar-refractivity contribution in [3.8, 4) is 11.5 Å². The molecule has 1 aromatic carbocycles. The number of ether oxygens (including phenoxy) is 2. The number of likely N-dealkylation sites (tertiary alicyclic amines) is 1. The number of nitrogens with zero attached hydrogens (tertiary/aromatic N) is 2. The maximum atomic E-state index is 5.37. The van der Waals surface area contributed by atoms with Gasteiger partial charge in [-0.1, -0.05) is 12.1 Å². The molecule has 1 aromatic heterocycles. The summed E-state index contributed by atoms with van der Waals surface area (Å²) in [6.45, 7) is 4.02. The molecule has 134 valence electrons. The molecule has 2 heterocycles. The number of hydrogen-bond acceptors (Lipinski definition) is 5. The predicted octanol–water partition coefficient (Wildman–Crippen LogP) is 2.85. The number of piperidine rings is 1. The van der Waals surface area contributed by atoms with E-state index in [-0.39, 0.29) is 0 Å². The number of benzene rings is 1. The molecule has 0 amide bonds. The van der Waals surface area contributed by atoms with Gasteiger partial charge in [-0.3, -0.25) is 9.88 Å². The van der Waals surface area contributed by atoms with Crippen molar-refractivity contribution in [2.75, 3.05) is 27.3 Å². The van der Waals surface area contributed by atoms with E-state index in [1.807, 2.05) is 24.4 Å². The summed E-state index contributed by atoms with van der Waals surface area (Å²) in [7, 11) is 3.33. The number of pyridine rings is 1. The molecule has 0 atom stereocenters. The van der Waals surface area contributed by atoms with Crippen molar-refractivity contribution in [3.05, 3.63) is 53.9 Å². The quantitative estimate of drug-likeness (QED) is 0.839. The van der Waals surface area contributed by atoms with Gasteiger partial charge in [0.15, 0.2) is 11.5 Å². The minimum absolute atomic E-state index is 0.563. The first-order valence-corrected chi connectivity index (χ1v) is 8.85. The van der Waals surface area contributed by atoms with E-state index in [4.69, 9.17) is 9.47 Å². The molecule has 3 rings (SSSR count). The zero-order valence-corrected chi connectivity index (χ0v) is 15.1. The molecule has 2 aromatic rings. The van der Waals surface area contributed by atoms with Gasteiger partial charge in [0.05, 0.1) is 19.9 Å². The number of aromatic nitrogens is 1. The second-order valence-electron chi connectivity index (χ2n) is 6.44. The van der Waals surface area contributed by atoms with Gasteiger partial charge < -0.3 is 14.8 Å². The van der Waals surface area contributed by atoms with Gasteiger partial charge in [0.2, 0.25) is 0 Å². The summed E-state index contributed by atoms with van der Waals surface area (Å²) in [4.78, 5) is 6.90. The molecule has 5 heteroatoms. The highest BCUT2D eigenvalue weighted by Gasteiger charge is 2.19. The number of hydrogen-bond donors (Lipinski definition) is 1. The van der Waals surface area contributed by atoms with Crippen LogP contribution in [0.5, 0.6) is 11.5 Å². The van der Waals surface area contributed by atoms with Crippen molar-refractivity contribution in [1.82, 2.24) is 15.2 Å². The highest BCUT2D eigenvalue weighted by Crippen LogP contribution is 2.27. The average Bonchev–Trinajstić information content (AvgIpc) is 2.68. The molecule has 0 bridgehead atoms. The van der Waals surface area contributed by atoms with Gasteiger partial charge in [0.25, 0.3) is 0 Å². The average molecular weight is 341 g/mol. The molecule has 0 aliphatic carbocycles. The molecule has 25 heavy (non-hydrogen) atoms. The fourth-order valence-corrected chi connectivity index (χ4v) is 3.27. The van der Waals surface area contributed by atoms with Crippen LogP contribution in [0.15, 0.2) is 42.6 Å². The minimum atomic E-state index is 0.563. The van der Waals surface area contributed by atoms with E-state index in [9.17, 15) is 0 Å². The number of nitrogens with one attached hydrogen (secondary N) is 1. The van der Waals surface area contributed by atoms with Crippen molar-refractivity contribution >= 4 is 0 Å². The van der Waals surface area contributed by atoms with Crippen molar-refractivity contribution in [2.24, 2.45) is 0 Å². The lowest BCUT2D eigenvalue weighted by Crippen LogP contribution is -2.41. The number of methoxy groups -OCH3 is 2. The van der Waals surface area contributed by atoms with Crippen LogP contribution in [0.3, 0.4) is 0 Å². The van der Waals surface area contributed by atoms with E-state index in [0.717, 1.165) is 43.4 Å². The summed E-state index contributed by atoms with van der Waals surface area (Å²) in [5.74, 6) is 1.56. The summed E-state index contributed by atoms with van der Waals surface area (Å²) in [5.41, 5.74) is 2.37. The molecule has 1 N–H and O–H groups in total. The largest absolute Gasteiger partial charge is 0.493 e. The second-order valence-corrected chi connectivity index (χ2v) is 6.44. The molecule has 1 saturated heterocycles. The van der Waals surface area contributed by atoms with E-state index in [0.29, 0.717) is 6.04 Å². The van der Waals surface area contributed by atoms with E-state index in [2.05, 4.69) is 33.4 Å².